The highest BCUT2D eigenvalue weighted by Crippen LogP contribution is 2.23. The molecule has 1 atom stereocenters. The third kappa shape index (κ3) is 2.40. The van der Waals surface area contributed by atoms with Crippen LogP contribution in [0.4, 0.5) is 0 Å². The van der Waals surface area contributed by atoms with Crippen LogP contribution >= 0.6 is 0 Å². The van der Waals surface area contributed by atoms with E-state index < -0.39 is 0 Å². The number of fused-ring (bicyclic) bond motifs is 1. The number of hydrogen-bond donors (Lipinski definition) is 1. The molecule has 0 spiro atoms. The monoisotopic (exact) mass is 263 g/mol. The molecule has 1 heterocycles. The largest absolute Gasteiger partial charge is 0.324 e. The zero-order chi connectivity index (χ0) is 13.9. The molecule has 0 saturated heterocycles. The van der Waals surface area contributed by atoms with Gasteiger partial charge in [-0.1, -0.05) is 36.4 Å². The maximum Gasteiger partial charge on any atom is 0.0934 e. The maximum atomic E-state index is 6.39. The number of aryl methyl sites for hydroxylation is 1. The number of nitrogens with zero attached hydrogens (tertiary/aromatic N) is 2. The van der Waals surface area contributed by atoms with Gasteiger partial charge in [0.2, 0.25) is 0 Å². The highest BCUT2D eigenvalue weighted by Gasteiger charge is 2.12. The first-order valence-corrected chi connectivity index (χ1v) is 6.75. The number of rotatable bonds is 3. The van der Waals surface area contributed by atoms with Gasteiger partial charge in [-0.3, -0.25) is 9.97 Å². The second kappa shape index (κ2) is 5.39. The van der Waals surface area contributed by atoms with E-state index >= 15 is 0 Å². The fraction of sp³-hybridized carbons (Fsp3) is 0.176. The molecule has 1 aromatic heterocycles. The highest BCUT2D eigenvalue weighted by molar-refractivity contribution is 5.78. The van der Waals surface area contributed by atoms with Crippen molar-refractivity contribution in [3.63, 3.8) is 0 Å². The smallest absolute Gasteiger partial charge is 0.0934 e. The minimum Gasteiger partial charge on any atom is -0.324 e. The molecule has 0 aliphatic rings. The van der Waals surface area contributed by atoms with Gasteiger partial charge in [0.05, 0.1) is 11.0 Å². The third-order valence-corrected chi connectivity index (χ3v) is 3.63. The van der Waals surface area contributed by atoms with Gasteiger partial charge in [0.15, 0.2) is 0 Å². The fourth-order valence-electron chi connectivity index (χ4n) is 2.50. The SMILES string of the molecule is Cc1ccccc1CC(N)c1cccc2nccnc12. The Kier molecular flexibility index (Phi) is 3.44. The Morgan fingerprint density at radius 2 is 1.80 bits per heavy atom. The summed E-state index contributed by atoms with van der Waals surface area (Å²) in [7, 11) is 0. The molecule has 0 amide bonds. The predicted octanol–water partition coefficient (Wildman–Crippen LogP) is 3.18. The van der Waals surface area contributed by atoms with E-state index in [1.54, 1.807) is 12.4 Å². The molecule has 20 heavy (non-hydrogen) atoms. The van der Waals surface area contributed by atoms with Gasteiger partial charge in [-0.05, 0) is 36.1 Å². The average molecular weight is 263 g/mol. The molecule has 0 saturated carbocycles. The molecule has 2 aromatic carbocycles. The lowest BCUT2D eigenvalue weighted by atomic mass is 9.96. The zero-order valence-corrected chi connectivity index (χ0v) is 11.5. The van der Waals surface area contributed by atoms with Crippen LogP contribution in [0.1, 0.15) is 22.7 Å². The second-order valence-corrected chi connectivity index (χ2v) is 5.01. The standard InChI is InChI=1S/C17H17N3/c1-12-5-2-3-6-13(12)11-15(18)14-7-4-8-16-17(14)20-10-9-19-16/h2-10,15H,11,18H2,1H3. The Labute approximate surface area is 118 Å². The van der Waals surface area contributed by atoms with E-state index in [2.05, 4.69) is 35.1 Å². The van der Waals surface area contributed by atoms with E-state index in [4.69, 9.17) is 5.73 Å². The molecule has 3 aromatic rings. The topological polar surface area (TPSA) is 51.8 Å². The Morgan fingerprint density at radius 3 is 2.65 bits per heavy atom. The van der Waals surface area contributed by atoms with Gasteiger partial charge in [0.1, 0.15) is 0 Å². The van der Waals surface area contributed by atoms with Crippen LogP contribution in [0.25, 0.3) is 11.0 Å². The lowest BCUT2D eigenvalue weighted by Crippen LogP contribution is -2.14. The Morgan fingerprint density at radius 1 is 1.00 bits per heavy atom. The fourth-order valence-corrected chi connectivity index (χ4v) is 2.50. The molecule has 1 unspecified atom stereocenters. The van der Waals surface area contributed by atoms with E-state index in [0.29, 0.717) is 0 Å². The summed E-state index contributed by atoms with van der Waals surface area (Å²) in [4.78, 5) is 8.75. The van der Waals surface area contributed by atoms with Gasteiger partial charge in [-0.25, -0.2) is 0 Å². The minimum absolute atomic E-state index is 0.0727. The summed E-state index contributed by atoms with van der Waals surface area (Å²) < 4.78 is 0. The van der Waals surface area contributed by atoms with Gasteiger partial charge >= 0.3 is 0 Å². The zero-order valence-electron chi connectivity index (χ0n) is 11.5. The molecular formula is C17H17N3. The molecule has 100 valence electrons. The summed E-state index contributed by atoms with van der Waals surface area (Å²) in [5.74, 6) is 0. The Hall–Kier alpha value is -2.26. The Bertz CT molecular complexity index is 732. The van der Waals surface area contributed by atoms with Gasteiger partial charge in [0.25, 0.3) is 0 Å². The van der Waals surface area contributed by atoms with Crippen LogP contribution in [-0.4, -0.2) is 9.97 Å². The quantitative estimate of drug-likeness (QED) is 0.789. The number of para-hydroxylation sites is 1. The summed E-state index contributed by atoms with van der Waals surface area (Å²) in [6, 6.07) is 14.3. The normalized spacial score (nSPS) is 12.5. The molecule has 3 nitrogen and oxygen atoms in total. The lowest BCUT2D eigenvalue weighted by molar-refractivity contribution is 0.723. The molecule has 2 N–H and O–H groups in total. The summed E-state index contributed by atoms with van der Waals surface area (Å²) in [6.45, 7) is 2.12. The minimum atomic E-state index is -0.0727. The Balaban J connectivity index is 1.97. The van der Waals surface area contributed by atoms with Gasteiger partial charge < -0.3 is 5.73 Å². The summed E-state index contributed by atoms with van der Waals surface area (Å²) in [5.41, 5.74) is 11.8. The molecule has 0 aliphatic heterocycles. The van der Waals surface area contributed by atoms with Crippen LogP contribution < -0.4 is 5.73 Å². The van der Waals surface area contributed by atoms with Gasteiger partial charge in [0, 0.05) is 18.4 Å². The maximum absolute atomic E-state index is 6.39. The van der Waals surface area contributed by atoms with E-state index in [-0.39, 0.29) is 6.04 Å². The first kappa shape index (κ1) is 12.8. The van der Waals surface area contributed by atoms with Crippen LogP contribution in [0.2, 0.25) is 0 Å². The number of benzene rings is 2. The summed E-state index contributed by atoms with van der Waals surface area (Å²) >= 11 is 0. The van der Waals surface area contributed by atoms with E-state index in [0.717, 1.165) is 23.0 Å². The second-order valence-electron chi connectivity index (χ2n) is 5.01. The van der Waals surface area contributed by atoms with E-state index in [1.807, 2.05) is 24.3 Å². The average Bonchev–Trinajstić information content (AvgIpc) is 2.49. The van der Waals surface area contributed by atoms with Crippen LogP contribution in [0, 0.1) is 6.92 Å². The number of nitrogens with two attached hydrogens (primary N) is 1. The summed E-state index contributed by atoms with van der Waals surface area (Å²) in [5, 5.41) is 0. The van der Waals surface area contributed by atoms with E-state index in [1.165, 1.54) is 11.1 Å². The van der Waals surface area contributed by atoms with Crippen LogP contribution in [-0.2, 0) is 6.42 Å². The first-order valence-electron chi connectivity index (χ1n) is 6.75. The van der Waals surface area contributed by atoms with Crippen molar-refractivity contribution in [3.05, 3.63) is 71.5 Å². The van der Waals surface area contributed by atoms with Gasteiger partial charge in [-0.2, -0.15) is 0 Å². The lowest BCUT2D eigenvalue weighted by Gasteiger charge is -2.15. The van der Waals surface area contributed by atoms with Crippen molar-refractivity contribution < 1.29 is 0 Å². The van der Waals surface area contributed by atoms with Crippen LogP contribution in [0.5, 0.6) is 0 Å². The molecule has 0 fully saturated rings. The molecule has 0 bridgehead atoms. The van der Waals surface area contributed by atoms with Crippen molar-refractivity contribution in [1.82, 2.24) is 9.97 Å². The molecule has 3 heteroatoms. The van der Waals surface area contributed by atoms with Crippen molar-refractivity contribution >= 4 is 11.0 Å². The van der Waals surface area contributed by atoms with Crippen molar-refractivity contribution in [2.75, 3.05) is 0 Å². The predicted molar refractivity (Wildman–Crippen MR) is 81.3 cm³/mol. The third-order valence-electron chi connectivity index (χ3n) is 3.63. The van der Waals surface area contributed by atoms with Crippen LogP contribution in [0.3, 0.4) is 0 Å². The molecule has 3 rings (SSSR count). The van der Waals surface area contributed by atoms with Gasteiger partial charge in [-0.15, -0.1) is 0 Å². The van der Waals surface area contributed by atoms with E-state index in [9.17, 15) is 0 Å². The van der Waals surface area contributed by atoms with Crippen molar-refractivity contribution in [3.8, 4) is 0 Å². The van der Waals surface area contributed by atoms with Crippen molar-refractivity contribution in [1.29, 1.82) is 0 Å². The molecule has 0 radical (unpaired) electrons. The molecule has 0 aliphatic carbocycles. The van der Waals surface area contributed by atoms with Crippen LogP contribution in [0.15, 0.2) is 54.9 Å². The summed E-state index contributed by atoms with van der Waals surface area (Å²) in [6.07, 6.45) is 4.23. The highest BCUT2D eigenvalue weighted by atomic mass is 14.8. The molecular weight excluding hydrogens is 246 g/mol. The number of aromatic nitrogens is 2. The van der Waals surface area contributed by atoms with Crippen molar-refractivity contribution in [2.24, 2.45) is 5.73 Å². The van der Waals surface area contributed by atoms with Crippen molar-refractivity contribution in [2.45, 2.75) is 19.4 Å². The number of hydrogen-bond acceptors (Lipinski definition) is 3. The first-order chi connectivity index (χ1) is 9.75.